The SMILES string of the molecule is Cc1[nH]c([C@H]2CCCN2C(=O)OC(C)(C)C)nc1-c1ccc(-c2ccc(-c3nc([C@@H]4CCCN4C(=O)OC(C)(C)C)[nH]c3CC3OCCCO3)cc2)cc1. The fourth-order valence-corrected chi connectivity index (χ4v) is 7.54. The summed E-state index contributed by atoms with van der Waals surface area (Å²) in [5.74, 6) is 1.54. The number of hydrogen-bond acceptors (Lipinski definition) is 8. The van der Waals surface area contributed by atoms with Gasteiger partial charge in [-0.1, -0.05) is 48.5 Å². The molecular formula is C42H54N6O6. The third-order valence-corrected chi connectivity index (χ3v) is 10.0. The van der Waals surface area contributed by atoms with Crippen molar-refractivity contribution < 1.29 is 28.5 Å². The number of carbonyl (C=O) groups excluding carboxylic acids is 2. The van der Waals surface area contributed by atoms with Crippen LogP contribution in [0.4, 0.5) is 9.59 Å². The van der Waals surface area contributed by atoms with Crippen molar-refractivity contribution in [3.8, 4) is 33.6 Å². The zero-order valence-electron chi connectivity index (χ0n) is 32.7. The van der Waals surface area contributed by atoms with Gasteiger partial charge in [-0.2, -0.15) is 0 Å². The fourth-order valence-electron chi connectivity index (χ4n) is 7.54. The topological polar surface area (TPSA) is 135 Å². The number of likely N-dealkylation sites (tertiary alicyclic amines) is 2. The molecule has 2 aromatic heterocycles. The Morgan fingerprint density at radius 3 is 1.63 bits per heavy atom. The molecule has 3 aliphatic rings. The van der Waals surface area contributed by atoms with Gasteiger partial charge in [-0.3, -0.25) is 9.80 Å². The van der Waals surface area contributed by atoms with Crippen molar-refractivity contribution in [2.45, 2.75) is 117 Å². The number of aryl methyl sites for hydroxylation is 1. The predicted octanol–water partition coefficient (Wildman–Crippen LogP) is 8.89. The Morgan fingerprint density at radius 2 is 1.13 bits per heavy atom. The molecule has 12 heteroatoms. The molecule has 288 valence electrons. The van der Waals surface area contributed by atoms with Crippen molar-refractivity contribution in [1.29, 1.82) is 0 Å². The lowest BCUT2D eigenvalue weighted by molar-refractivity contribution is -0.177. The van der Waals surface area contributed by atoms with Crippen LogP contribution in [-0.2, 0) is 25.4 Å². The quantitative estimate of drug-likeness (QED) is 0.192. The molecular weight excluding hydrogens is 684 g/mol. The first-order valence-corrected chi connectivity index (χ1v) is 19.3. The van der Waals surface area contributed by atoms with E-state index in [1.165, 1.54) is 0 Å². The van der Waals surface area contributed by atoms with E-state index in [1.54, 1.807) is 9.80 Å². The minimum atomic E-state index is -0.578. The van der Waals surface area contributed by atoms with Gasteiger partial charge in [0.1, 0.15) is 22.9 Å². The van der Waals surface area contributed by atoms with Crippen LogP contribution in [0.5, 0.6) is 0 Å². The van der Waals surface area contributed by atoms with Crippen molar-refractivity contribution in [2.24, 2.45) is 0 Å². The first-order valence-electron chi connectivity index (χ1n) is 19.3. The molecule has 0 saturated carbocycles. The molecule has 3 fully saturated rings. The van der Waals surface area contributed by atoms with Gasteiger partial charge in [-0.05, 0) is 91.7 Å². The van der Waals surface area contributed by atoms with Gasteiger partial charge < -0.3 is 28.9 Å². The van der Waals surface area contributed by atoms with Crippen molar-refractivity contribution in [2.75, 3.05) is 26.3 Å². The number of amides is 2. The summed E-state index contributed by atoms with van der Waals surface area (Å²) in [5, 5.41) is 0. The molecule has 7 rings (SSSR count). The van der Waals surface area contributed by atoms with Crippen molar-refractivity contribution in [3.63, 3.8) is 0 Å². The monoisotopic (exact) mass is 738 g/mol. The summed E-state index contributed by atoms with van der Waals surface area (Å²) in [6, 6.07) is 16.5. The Hall–Kier alpha value is -4.68. The van der Waals surface area contributed by atoms with E-state index >= 15 is 0 Å². The molecule has 2 atom stereocenters. The molecule has 5 heterocycles. The molecule has 0 bridgehead atoms. The lowest BCUT2D eigenvalue weighted by Crippen LogP contribution is -2.36. The van der Waals surface area contributed by atoms with Gasteiger partial charge in [-0.25, -0.2) is 19.6 Å². The van der Waals surface area contributed by atoms with E-state index in [2.05, 4.69) is 58.5 Å². The first-order chi connectivity index (χ1) is 25.7. The van der Waals surface area contributed by atoms with Crippen LogP contribution >= 0.6 is 0 Å². The number of aromatic amines is 2. The van der Waals surface area contributed by atoms with Crippen molar-refractivity contribution in [1.82, 2.24) is 29.7 Å². The first kappa shape index (κ1) is 37.6. The van der Waals surface area contributed by atoms with Crippen LogP contribution in [0.25, 0.3) is 33.6 Å². The summed E-state index contributed by atoms with van der Waals surface area (Å²) >= 11 is 0. The van der Waals surface area contributed by atoms with Crippen LogP contribution in [0.1, 0.15) is 109 Å². The number of nitrogens with one attached hydrogen (secondary N) is 2. The smallest absolute Gasteiger partial charge is 0.410 e. The third-order valence-electron chi connectivity index (χ3n) is 10.0. The van der Waals surface area contributed by atoms with Gasteiger partial charge in [0, 0.05) is 42.0 Å². The van der Waals surface area contributed by atoms with Crippen molar-refractivity contribution >= 4 is 12.2 Å². The molecule has 0 spiro atoms. The van der Waals surface area contributed by atoms with Crippen LogP contribution in [-0.4, -0.2) is 85.7 Å². The van der Waals surface area contributed by atoms with Crippen molar-refractivity contribution in [3.05, 3.63) is 71.6 Å². The highest BCUT2D eigenvalue weighted by atomic mass is 16.7. The molecule has 0 radical (unpaired) electrons. The van der Waals surface area contributed by atoms with Gasteiger partial charge in [0.2, 0.25) is 0 Å². The number of rotatable bonds is 7. The van der Waals surface area contributed by atoms with Gasteiger partial charge in [0.05, 0.1) is 36.7 Å². The van der Waals surface area contributed by atoms with E-state index in [1.807, 2.05) is 48.5 Å². The lowest BCUT2D eigenvalue weighted by atomic mass is 10.00. The fraction of sp³-hybridized carbons (Fsp3) is 0.524. The van der Waals surface area contributed by atoms with Crippen LogP contribution in [0.3, 0.4) is 0 Å². The Kier molecular flexibility index (Phi) is 10.6. The maximum absolute atomic E-state index is 13.1. The number of benzene rings is 2. The number of ether oxygens (including phenoxy) is 4. The normalized spacial score (nSPS) is 19.8. The Balaban J connectivity index is 1.10. The molecule has 0 aliphatic carbocycles. The Bertz CT molecular complexity index is 1930. The standard InChI is InChI=1S/C42H54N6O6/c1-26-35(45-37(43-26)32-11-8-21-47(32)39(49)53-41(2,3)4)29-17-13-27(14-18-29)28-15-19-30(20-16-28)36-31(25-34-51-23-10-24-52-34)44-38(46-36)33-12-9-22-48(33)40(50)54-42(5,6)7/h13-20,32-34H,8-12,21-25H2,1-7H3,(H,43,45)(H,44,46)/t32-,33+/m1/s1. The van der Waals surface area contributed by atoms with Gasteiger partial charge >= 0.3 is 12.2 Å². The molecule has 2 N–H and O–H groups in total. The summed E-state index contributed by atoms with van der Waals surface area (Å²) in [6.07, 6.45) is 3.87. The maximum Gasteiger partial charge on any atom is 0.410 e. The maximum atomic E-state index is 13.1. The zero-order valence-corrected chi connectivity index (χ0v) is 32.7. The molecule has 2 aromatic carbocycles. The summed E-state index contributed by atoms with van der Waals surface area (Å²) < 4.78 is 23.3. The number of aromatic nitrogens is 4. The lowest BCUT2D eigenvalue weighted by Gasteiger charge is -2.27. The molecule has 2 amide bonds. The summed E-state index contributed by atoms with van der Waals surface area (Å²) in [7, 11) is 0. The average molecular weight is 739 g/mol. The number of H-pyrrole nitrogens is 2. The Labute approximate surface area is 317 Å². The van der Waals surface area contributed by atoms with Gasteiger partial charge in [-0.15, -0.1) is 0 Å². The molecule has 54 heavy (non-hydrogen) atoms. The molecule has 3 saturated heterocycles. The Morgan fingerprint density at radius 1 is 0.685 bits per heavy atom. The van der Waals surface area contributed by atoms with Gasteiger partial charge in [0.25, 0.3) is 0 Å². The van der Waals surface area contributed by atoms with E-state index in [0.717, 1.165) is 88.8 Å². The molecule has 4 aromatic rings. The van der Waals surface area contributed by atoms with Gasteiger partial charge in [0.15, 0.2) is 6.29 Å². The highest BCUT2D eigenvalue weighted by Gasteiger charge is 2.37. The van der Waals surface area contributed by atoms with Crippen LogP contribution < -0.4 is 0 Å². The van der Waals surface area contributed by atoms with Crippen LogP contribution in [0.2, 0.25) is 0 Å². The van der Waals surface area contributed by atoms with Crippen LogP contribution in [0.15, 0.2) is 48.5 Å². The number of hydrogen-bond donors (Lipinski definition) is 2. The summed E-state index contributed by atoms with van der Waals surface area (Å²) in [4.78, 5) is 46.8. The zero-order chi connectivity index (χ0) is 38.2. The number of nitrogens with zero attached hydrogens (tertiary/aromatic N) is 4. The van der Waals surface area contributed by atoms with E-state index in [0.29, 0.717) is 32.7 Å². The summed E-state index contributed by atoms with van der Waals surface area (Å²) in [6.45, 7) is 16.0. The highest BCUT2D eigenvalue weighted by molar-refractivity contribution is 5.74. The minimum absolute atomic E-state index is 0.138. The van der Waals surface area contributed by atoms with E-state index in [4.69, 9.17) is 28.9 Å². The molecule has 12 nitrogen and oxygen atoms in total. The second-order valence-corrected chi connectivity index (χ2v) is 16.6. The van der Waals surface area contributed by atoms with E-state index < -0.39 is 11.2 Å². The highest BCUT2D eigenvalue weighted by Crippen LogP contribution is 2.37. The minimum Gasteiger partial charge on any atom is -0.444 e. The largest absolute Gasteiger partial charge is 0.444 e. The predicted molar refractivity (Wildman–Crippen MR) is 206 cm³/mol. The summed E-state index contributed by atoms with van der Waals surface area (Å²) in [5.41, 5.74) is 6.59. The number of carbonyl (C=O) groups is 2. The van der Waals surface area contributed by atoms with Crippen LogP contribution in [0, 0.1) is 6.92 Å². The van der Waals surface area contributed by atoms with E-state index in [-0.39, 0.29) is 30.6 Å². The third kappa shape index (κ3) is 8.50. The molecule has 0 unspecified atom stereocenters. The second kappa shape index (κ2) is 15.2. The molecule has 3 aliphatic heterocycles. The van der Waals surface area contributed by atoms with E-state index in [9.17, 15) is 9.59 Å². The second-order valence-electron chi connectivity index (χ2n) is 16.6. The number of imidazole rings is 2. The average Bonchev–Trinajstić information content (AvgIpc) is 3.94.